The highest BCUT2D eigenvalue weighted by Crippen LogP contribution is 2.31. The Kier molecular flexibility index (Phi) is 6.49. The number of nitrogens with one attached hydrogen (secondary N) is 1. The summed E-state index contributed by atoms with van der Waals surface area (Å²) in [5.74, 6) is 0.425. The zero-order chi connectivity index (χ0) is 22.7. The molecule has 0 aliphatic heterocycles. The highest BCUT2D eigenvalue weighted by Gasteiger charge is 2.20. The number of nitrogens with zero attached hydrogens (tertiary/aromatic N) is 1. The number of para-hydroxylation sites is 1. The van der Waals surface area contributed by atoms with Gasteiger partial charge in [-0.1, -0.05) is 25.1 Å². The molecule has 1 N–H and O–H groups in total. The van der Waals surface area contributed by atoms with Crippen molar-refractivity contribution in [1.29, 1.82) is 0 Å². The minimum Gasteiger partial charge on any atom is -0.483 e. The molecule has 0 saturated heterocycles. The van der Waals surface area contributed by atoms with Crippen molar-refractivity contribution < 1.29 is 18.7 Å². The van der Waals surface area contributed by atoms with Gasteiger partial charge in [-0.2, -0.15) is 0 Å². The van der Waals surface area contributed by atoms with Gasteiger partial charge in [-0.15, -0.1) is 0 Å². The Morgan fingerprint density at radius 3 is 2.66 bits per heavy atom. The first-order chi connectivity index (χ1) is 15.5. The molecule has 2 amide bonds. The number of furan rings is 1. The van der Waals surface area contributed by atoms with Crippen molar-refractivity contribution in [2.75, 3.05) is 20.7 Å². The molecular weight excluding hydrogens is 404 g/mol. The fraction of sp³-hybridized carbons (Fsp3) is 0.385. The van der Waals surface area contributed by atoms with E-state index in [1.165, 1.54) is 22.4 Å². The minimum atomic E-state index is -0.212. The number of rotatable bonds is 8. The topological polar surface area (TPSA) is 71.8 Å². The van der Waals surface area contributed by atoms with Gasteiger partial charge < -0.3 is 19.4 Å². The first kappa shape index (κ1) is 21.9. The predicted octanol–water partition coefficient (Wildman–Crippen LogP) is 4.20. The predicted molar refractivity (Wildman–Crippen MR) is 124 cm³/mol. The summed E-state index contributed by atoms with van der Waals surface area (Å²) in [4.78, 5) is 26.4. The monoisotopic (exact) mass is 434 g/mol. The highest BCUT2D eigenvalue weighted by atomic mass is 16.5. The molecule has 1 unspecified atom stereocenters. The standard InChI is InChI=1S/C26H30N2O4/c1-4-22(20-10-5-6-11-23(20)32-16-26(30)28(2)3)27-25(29)14-19-15-31-24-13-18-9-7-8-17(18)12-21(19)24/h5-6,10-13,15,22H,4,7-9,14,16H2,1-3H3,(H,27,29). The van der Waals surface area contributed by atoms with Gasteiger partial charge in [0.05, 0.1) is 18.7 Å². The van der Waals surface area contributed by atoms with Gasteiger partial charge in [0.1, 0.15) is 11.3 Å². The number of fused-ring (bicyclic) bond motifs is 2. The van der Waals surface area contributed by atoms with E-state index in [1.807, 2.05) is 31.2 Å². The average Bonchev–Trinajstić information content (AvgIpc) is 3.40. The van der Waals surface area contributed by atoms with Crippen LogP contribution in [0.3, 0.4) is 0 Å². The summed E-state index contributed by atoms with van der Waals surface area (Å²) < 4.78 is 11.5. The first-order valence-corrected chi connectivity index (χ1v) is 11.2. The van der Waals surface area contributed by atoms with Crippen LogP contribution < -0.4 is 10.1 Å². The maximum absolute atomic E-state index is 12.9. The van der Waals surface area contributed by atoms with Crippen molar-refractivity contribution >= 4 is 22.8 Å². The van der Waals surface area contributed by atoms with E-state index in [4.69, 9.17) is 9.15 Å². The number of aryl methyl sites for hydroxylation is 2. The first-order valence-electron chi connectivity index (χ1n) is 11.2. The van der Waals surface area contributed by atoms with Crippen molar-refractivity contribution in [3.63, 3.8) is 0 Å². The van der Waals surface area contributed by atoms with Crippen molar-refractivity contribution in [2.24, 2.45) is 0 Å². The molecule has 1 atom stereocenters. The van der Waals surface area contributed by atoms with Crippen molar-refractivity contribution in [1.82, 2.24) is 10.2 Å². The van der Waals surface area contributed by atoms with Crippen LogP contribution in [-0.4, -0.2) is 37.4 Å². The molecule has 6 nitrogen and oxygen atoms in total. The van der Waals surface area contributed by atoms with Crippen molar-refractivity contribution in [3.05, 3.63) is 64.9 Å². The van der Waals surface area contributed by atoms with Crippen LogP contribution in [0.4, 0.5) is 0 Å². The third kappa shape index (κ3) is 4.64. The van der Waals surface area contributed by atoms with Gasteiger partial charge in [-0.05, 0) is 55.0 Å². The van der Waals surface area contributed by atoms with Gasteiger partial charge >= 0.3 is 0 Å². The number of ether oxygens (including phenoxy) is 1. The Labute approximate surface area is 188 Å². The fourth-order valence-corrected chi connectivity index (χ4v) is 4.27. The van der Waals surface area contributed by atoms with Crippen LogP contribution >= 0.6 is 0 Å². The van der Waals surface area contributed by atoms with Gasteiger partial charge in [-0.25, -0.2) is 0 Å². The molecule has 0 spiro atoms. The van der Waals surface area contributed by atoms with E-state index < -0.39 is 0 Å². The molecule has 32 heavy (non-hydrogen) atoms. The van der Waals surface area contributed by atoms with Crippen LogP contribution in [0, 0.1) is 0 Å². The normalized spacial score (nSPS) is 13.6. The number of hydrogen-bond acceptors (Lipinski definition) is 4. The quantitative estimate of drug-likeness (QED) is 0.577. The van der Waals surface area contributed by atoms with Crippen LogP contribution in [0.25, 0.3) is 11.0 Å². The molecule has 0 saturated carbocycles. The minimum absolute atomic E-state index is 0.0419. The zero-order valence-corrected chi connectivity index (χ0v) is 18.9. The second-order valence-corrected chi connectivity index (χ2v) is 8.55. The van der Waals surface area contributed by atoms with E-state index >= 15 is 0 Å². The lowest BCUT2D eigenvalue weighted by atomic mass is 10.0. The van der Waals surface area contributed by atoms with Crippen molar-refractivity contribution in [2.45, 2.75) is 45.1 Å². The molecule has 6 heteroatoms. The summed E-state index contributed by atoms with van der Waals surface area (Å²) in [5, 5.41) is 4.16. The van der Waals surface area contributed by atoms with Crippen LogP contribution in [-0.2, 0) is 28.9 Å². The number of hydrogen-bond donors (Lipinski definition) is 1. The Balaban J connectivity index is 1.47. The van der Waals surface area contributed by atoms with Crippen LogP contribution in [0.2, 0.25) is 0 Å². The third-order valence-corrected chi connectivity index (χ3v) is 6.11. The molecule has 2 aromatic carbocycles. The Morgan fingerprint density at radius 2 is 1.91 bits per heavy atom. The molecule has 0 fully saturated rings. The Bertz CT molecular complexity index is 1130. The van der Waals surface area contributed by atoms with Crippen molar-refractivity contribution in [3.8, 4) is 5.75 Å². The molecule has 4 rings (SSSR count). The average molecular weight is 435 g/mol. The van der Waals surface area contributed by atoms with E-state index in [2.05, 4.69) is 17.4 Å². The lowest BCUT2D eigenvalue weighted by molar-refractivity contribution is -0.130. The number of amides is 2. The molecule has 1 aromatic heterocycles. The number of likely N-dealkylation sites (N-methyl/N-ethyl adjacent to an activating group) is 1. The van der Waals surface area contributed by atoms with Gasteiger partial charge in [0.2, 0.25) is 5.91 Å². The molecule has 0 radical (unpaired) electrons. The van der Waals surface area contributed by atoms with Gasteiger partial charge in [0.25, 0.3) is 5.91 Å². The summed E-state index contributed by atoms with van der Waals surface area (Å²) >= 11 is 0. The lowest BCUT2D eigenvalue weighted by Crippen LogP contribution is -2.30. The maximum Gasteiger partial charge on any atom is 0.259 e. The molecule has 1 heterocycles. The van der Waals surface area contributed by atoms with Gasteiger partial charge in [0, 0.05) is 30.6 Å². The zero-order valence-electron chi connectivity index (χ0n) is 18.9. The summed E-state index contributed by atoms with van der Waals surface area (Å²) in [5.41, 5.74) is 5.35. The van der Waals surface area contributed by atoms with Crippen LogP contribution in [0.1, 0.15) is 48.1 Å². The molecule has 1 aliphatic rings. The van der Waals surface area contributed by atoms with E-state index in [9.17, 15) is 9.59 Å². The number of carbonyl (C=O) groups excluding carboxylic acids is 2. The number of carbonyl (C=O) groups is 2. The van der Waals surface area contributed by atoms with Gasteiger partial charge in [-0.3, -0.25) is 9.59 Å². The van der Waals surface area contributed by atoms with Crippen LogP contribution in [0.5, 0.6) is 5.75 Å². The van der Waals surface area contributed by atoms with Gasteiger partial charge in [0.15, 0.2) is 6.61 Å². The van der Waals surface area contributed by atoms with Crippen LogP contribution in [0.15, 0.2) is 47.1 Å². The summed E-state index contributed by atoms with van der Waals surface area (Å²) in [7, 11) is 3.39. The Hall–Kier alpha value is -3.28. The van der Waals surface area contributed by atoms with E-state index in [0.717, 1.165) is 34.9 Å². The highest BCUT2D eigenvalue weighted by molar-refractivity contribution is 5.89. The largest absolute Gasteiger partial charge is 0.483 e. The maximum atomic E-state index is 12.9. The lowest BCUT2D eigenvalue weighted by Gasteiger charge is -2.21. The van der Waals surface area contributed by atoms with E-state index in [-0.39, 0.29) is 30.9 Å². The van der Waals surface area contributed by atoms with E-state index in [1.54, 1.807) is 20.4 Å². The molecule has 0 bridgehead atoms. The fourth-order valence-electron chi connectivity index (χ4n) is 4.27. The molecule has 3 aromatic rings. The van der Waals surface area contributed by atoms with E-state index in [0.29, 0.717) is 12.2 Å². The number of benzene rings is 2. The summed E-state index contributed by atoms with van der Waals surface area (Å²) in [6.07, 6.45) is 6.02. The second kappa shape index (κ2) is 9.47. The third-order valence-electron chi connectivity index (χ3n) is 6.11. The Morgan fingerprint density at radius 1 is 1.16 bits per heavy atom. The SMILES string of the molecule is CCC(NC(=O)Cc1coc2cc3c(cc12)CCC3)c1ccccc1OCC(=O)N(C)C. The summed E-state index contributed by atoms with van der Waals surface area (Å²) in [6, 6.07) is 11.6. The molecule has 1 aliphatic carbocycles. The summed E-state index contributed by atoms with van der Waals surface area (Å²) in [6.45, 7) is 1.98. The second-order valence-electron chi connectivity index (χ2n) is 8.55. The molecular formula is C26H30N2O4. The smallest absolute Gasteiger partial charge is 0.259 e. The molecule has 168 valence electrons.